The first-order chi connectivity index (χ1) is 17.5. The summed E-state index contributed by atoms with van der Waals surface area (Å²) >= 11 is 0. The van der Waals surface area contributed by atoms with Crippen LogP contribution in [0, 0.1) is 17.3 Å². The zero-order valence-electron chi connectivity index (χ0n) is 22.4. The molecule has 2 aromatic carbocycles. The van der Waals surface area contributed by atoms with E-state index in [2.05, 4.69) is 65.8 Å². The first-order valence-electron chi connectivity index (χ1n) is 14.0. The number of fused-ring (bicyclic) bond motifs is 1. The first-order valence-corrected chi connectivity index (χ1v) is 14.0. The van der Waals surface area contributed by atoms with Gasteiger partial charge in [-0.15, -0.1) is 0 Å². The molecular weight excluding hydrogens is 442 g/mol. The molecule has 0 N–H and O–H groups in total. The highest BCUT2D eigenvalue weighted by molar-refractivity contribution is 5.87. The number of amides is 1. The van der Waals surface area contributed by atoms with Crippen LogP contribution in [-0.4, -0.2) is 73.0 Å². The number of nitrogens with zero attached hydrogens (tertiary/aromatic N) is 3. The Balaban J connectivity index is 1.14. The Kier molecular flexibility index (Phi) is 7.64. The maximum absolute atomic E-state index is 13.7. The van der Waals surface area contributed by atoms with Gasteiger partial charge in [0.05, 0.1) is 5.92 Å². The van der Waals surface area contributed by atoms with Crippen molar-refractivity contribution in [3.63, 3.8) is 0 Å². The largest absolute Gasteiger partial charge is 0.339 e. The van der Waals surface area contributed by atoms with Gasteiger partial charge in [0.1, 0.15) is 0 Å². The molecule has 36 heavy (non-hydrogen) atoms. The van der Waals surface area contributed by atoms with Crippen molar-refractivity contribution in [2.45, 2.75) is 39.5 Å². The summed E-state index contributed by atoms with van der Waals surface area (Å²) in [7, 11) is 0. The van der Waals surface area contributed by atoms with Crippen LogP contribution in [0.25, 0.3) is 0 Å². The average Bonchev–Trinajstić information content (AvgIpc) is 2.92. The van der Waals surface area contributed by atoms with Crippen molar-refractivity contribution in [3.8, 4) is 0 Å². The zero-order valence-corrected chi connectivity index (χ0v) is 22.4. The van der Waals surface area contributed by atoms with Crippen LogP contribution in [0.3, 0.4) is 0 Å². The van der Waals surface area contributed by atoms with Gasteiger partial charge in [-0.25, -0.2) is 0 Å². The van der Waals surface area contributed by atoms with Gasteiger partial charge < -0.3 is 4.90 Å². The third-order valence-electron chi connectivity index (χ3n) is 9.37. The topological polar surface area (TPSA) is 26.8 Å². The van der Waals surface area contributed by atoms with Gasteiger partial charge in [-0.3, -0.25) is 14.6 Å². The molecule has 1 saturated heterocycles. The zero-order chi connectivity index (χ0) is 25.1. The van der Waals surface area contributed by atoms with Gasteiger partial charge in [-0.05, 0) is 47.8 Å². The number of rotatable bonds is 9. The van der Waals surface area contributed by atoms with Gasteiger partial charge in [0.15, 0.2) is 0 Å². The molecule has 2 fully saturated rings. The molecule has 2 unspecified atom stereocenters. The minimum Gasteiger partial charge on any atom is -0.339 e. The van der Waals surface area contributed by atoms with Crippen LogP contribution >= 0.6 is 0 Å². The second-order valence-electron chi connectivity index (χ2n) is 11.6. The monoisotopic (exact) mass is 485 g/mol. The Labute approximate surface area is 218 Å². The minimum atomic E-state index is -0.228. The van der Waals surface area contributed by atoms with Crippen molar-refractivity contribution >= 4 is 5.91 Å². The van der Waals surface area contributed by atoms with E-state index in [1.54, 1.807) is 5.57 Å². The lowest BCUT2D eigenvalue weighted by Crippen LogP contribution is -2.52. The van der Waals surface area contributed by atoms with Gasteiger partial charge >= 0.3 is 0 Å². The first kappa shape index (κ1) is 25.2. The third kappa shape index (κ3) is 5.17. The molecule has 4 nitrogen and oxygen atoms in total. The molecule has 1 aliphatic heterocycles. The fraction of sp³-hybridized carbons (Fsp3) is 0.531. The predicted octanol–water partition coefficient (Wildman–Crippen LogP) is 5.28. The van der Waals surface area contributed by atoms with E-state index in [4.69, 9.17) is 0 Å². The Morgan fingerprint density at radius 1 is 0.972 bits per heavy atom. The molecule has 0 spiro atoms. The van der Waals surface area contributed by atoms with Crippen molar-refractivity contribution < 1.29 is 4.79 Å². The van der Waals surface area contributed by atoms with Crippen molar-refractivity contribution in [2.24, 2.45) is 17.3 Å². The number of hydrogen-bond acceptors (Lipinski definition) is 3. The molecule has 4 aliphatic rings. The molecule has 2 aromatic rings. The van der Waals surface area contributed by atoms with E-state index < -0.39 is 0 Å². The maximum atomic E-state index is 13.7. The summed E-state index contributed by atoms with van der Waals surface area (Å²) in [6.07, 6.45) is 5.23. The average molecular weight is 486 g/mol. The highest BCUT2D eigenvalue weighted by atomic mass is 16.2. The molecule has 1 heterocycles. The summed E-state index contributed by atoms with van der Waals surface area (Å²) in [5.41, 5.74) is 4.34. The van der Waals surface area contributed by atoms with Crippen LogP contribution in [-0.2, 0) is 4.79 Å². The molecule has 6 rings (SSSR count). The SMILES string of the molecule is CCN(CCN1CCN(C(=O)C(c2ccccc2)c2ccccc2)CC1)CC1=CCC2CC1C2(C)C. The van der Waals surface area contributed by atoms with Crippen molar-refractivity contribution in [1.29, 1.82) is 0 Å². The highest BCUT2D eigenvalue weighted by Crippen LogP contribution is 2.59. The van der Waals surface area contributed by atoms with Gasteiger partial charge in [0, 0.05) is 45.8 Å². The van der Waals surface area contributed by atoms with Crippen molar-refractivity contribution in [1.82, 2.24) is 14.7 Å². The Morgan fingerprint density at radius 2 is 1.58 bits per heavy atom. The summed E-state index contributed by atoms with van der Waals surface area (Å²) < 4.78 is 0. The lowest BCUT2D eigenvalue weighted by molar-refractivity contribution is -0.133. The molecule has 0 radical (unpaired) electrons. The normalized spacial score (nSPS) is 23.5. The van der Waals surface area contributed by atoms with Crippen LogP contribution in [0.15, 0.2) is 72.3 Å². The maximum Gasteiger partial charge on any atom is 0.234 e. The minimum absolute atomic E-state index is 0.228. The van der Waals surface area contributed by atoms with Gasteiger partial charge in [0.2, 0.25) is 5.91 Å². The molecule has 192 valence electrons. The standard InChI is InChI=1S/C32H43N3O/c1-4-33(24-27-15-16-28-23-29(27)32(28,2)3)17-18-34-19-21-35(22-20-34)31(36)30(25-11-7-5-8-12-25)26-13-9-6-10-14-26/h5-15,28-30H,4,16-24H2,1-3H3. The van der Waals surface area contributed by atoms with E-state index in [0.29, 0.717) is 5.41 Å². The van der Waals surface area contributed by atoms with Crippen LogP contribution in [0.1, 0.15) is 50.7 Å². The van der Waals surface area contributed by atoms with Crippen molar-refractivity contribution in [2.75, 3.05) is 52.4 Å². The molecule has 2 atom stereocenters. The van der Waals surface area contributed by atoms with E-state index >= 15 is 0 Å². The van der Waals surface area contributed by atoms with E-state index in [0.717, 1.165) is 75.3 Å². The van der Waals surface area contributed by atoms with Gasteiger partial charge in [-0.2, -0.15) is 0 Å². The predicted molar refractivity (Wildman–Crippen MR) is 148 cm³/mol. The molecule has 2 bridgehead atoms. The van der Waals surface area contributed by atoms with Crippen LogP contribution in [0.2, 0.25) is 0 Å². The Hall–Kier alpha value is -2.43. The molecular formula is C32H43N3O. The number of benzene rings is 2. The smallest absolute Gasteiger partial charge is 0.234 e. The Morgan fingerprint density at radius 3 is 2.11 bits per heavy atom. The highest BCUT2D eigenvalue weighted by Gasteiger charge is 2.51. The van der Waals surface area contributed by atoms with Crippen LogP contribution in [0.5, 0.6) is 0 Å². The van der Waals surface area contributed by atoms with Gasteiger partial charge in [0.25, 0.3) is 0 Å². The van der Waals surface area contributed by atoms with Crippen molar-refractivity contribution in [3.05, 3.63) is 83.4 Å². The molecule has 1 amide bonds. The summed E-state index contributed by atoms with van der Waals surface area (Å²) in [5.74, 6) is 1.70. The molecule has 0 aromatic heterocycles. The lowest BCUT2D eigenvalue weighted by atomic mass is 9.49. The molecule has 1 saturated carbocycles. The number of allylic oxidation sites excluding steroid dienone is 1. The second kappa shape index (κ2) is 10.9. The van der Waals surface area contributed by atoms with E-state index in [1.807, 2.05) is 36.4 Å². The van der Waals surface area contributed by atoms with Crippen LogP contribution in [0.4, 0.5) is 0 Å². The van der Waals surface area contributed by atoms with E-state index in [9.17, 15) is 4.79 Å². The number of likely N-dealkylation sites (N-methyl/N-ethyl adjacent to an activating group) is 1. The molecule has 4 heteroatoms. The third-order valence-corrected chi connectivity index (χ3v) is 9.37. The fourth-order valence-corrected chi connectivity index (χ4v) is 6.69. The second-order valence-corrected chi connectivity index (χ2v) is 11.6. The summed E-state index contributed by atoms with van der Waals surface area (Å²) in [6, 6.07) is 20.5. The summed E-state index contributed by atoms with van der Waals surface area (Å²) in [6.45, 7) is 15.2. The van der Waals surface area contributed by atoms with E-state index in [1.165, 1.54) is 12.8 Å². The summed E-state index contributed by atoms with van der Waals surface area (Å²) in [5, 5.41) is 0. The number of hydrogen-bond donors (Lipinski definition) is 0. The van der Waals surface area contributed by atoms with Gasteiger partial charge in [-0.1, -0.05) is 93.1 Å². The fourth-order valence-electron chi connectivity index (χ4n) is 6.69. The lowest BCUT2D eigenvalue weighted by Gasteiger charge is -2.57. The number of carbonyl (C=O) groups is 1. The quantitative estimate of drug-likeness (QED) is 0.452. The number of piperazine rings is 1. The molecule has 3 aliphatic carbocycles. The van der Waals surface area contributed by atoms with E-state index in [-0.39, 0.29) is 11.8 Å². The number of carbonyl (C=O) groups excluding carboxylic acids is 1. The van der Waals surface area contributed by atoms with Crippen LogP contribution < -0.4 is 0 Å². The summed E-state index contributed by atoms with van der Waals surface area (Å²) in [4.78, 5) is 21.0. The Bertz CT molecular complexity index is 1000.